The number of unbranched alkanes of at least 4 members (excludes halogenated alkanes) is 1. The van der Waals surface area contributed by atoms with Crippen LogP contribution in [-0.2, 0) is 10.3 Å². The second kappa shape index (κ2) is 9.37. The van der Waals surface area contributed by atoms with Crippen molar-refractivity contribution >= 4 is 5.97 Å². The van der Waals surface area contributed by atoms with Gasteiger partial charge in [-0.1, -0.05) is 18.2 Å². The Bertz CT molecular complexity index is 1210. The smallest absolute Gasteiger partial charge is 0.340 e. The molecule has 0 amide bonds. The molecule has 3 aromatic carbocycles. The van der Waals surface area contributed by atoms with Gasteiger partial charge in [0.2, 0.25) is 0 Å². The number of phenols is 1. The van der Waals surface area contributed by atoms with E-state index in [-0.39, 0.29) is 11.7 Å². The SMILES string of the molecule is CNCCCCNCCOc1ccc2c(c1)Oc1cc(O)ccc1C21OC(=O)c2ccccc21. The lowest BCUT2D eigenvalue weighted by atomic mass is 9.77. The highest BCUT2D eigenvalue weighted by molar-refractivity contribution is 5.97. The number of fused-ring (bicyclic) bond motifs is 6. The molecule has 0 bridgehead atoms. The van der Waals surface area contributed by atoms with Crippen molar-refractivity contribution in [2.75, 3.05) is 33.3 Å². The van der Waals surface area contributed by atoms with E-state index < -0.39 is 5.60 Å². The molecule has 34 heavy (non-hydrogen) atoms. The van der Waals surface area contributed by atoms with Gasteiger partial charge in [-0.15, -0.1) is 0 Å². The Morgan fingerprint density at radius 2 is 1.68 bits per heavy atom. The minimum Gasteiger partial charge on any atom is -0.508 e. The van der Waals surface area contributed by atoms with Gasteiger partial charge in [0.05, 0.1) is 5.56 Å². The molecule has 0 fully saturated rings. The predicted octanol–water partition coefficient (Wildman–Crippen LogP) is 3.93. The Hall–Kier alpha value is -3.55. The molecule has 0 aliphatic carbocycles. The van der Waals surface area contributed by atoms with E-state index in [2.05, 4.69) is 10.6 Å². The van der Waals surface area contributed by atoms with Gasteiger partial charge >= 0.3 is 5.97 Å². The average molecular weight is 461 g/mol. The van der Waals surface area contributed by atoms with Crippen LogP contribution in [0.5, 0.6) is 23.0 Å². The topological polar surface area (TPSA) is 89.1 Å². The number of phenolic OH excluding ortho intramolecular Hbond substituents is 1. The van der Waals surface area contributed by atoms with E-state index in [9.17, 15) is 9.90 Å². The van der Waals surface area contributed by atoms with Gasteiger partial charge in [0.15, 0.2) is 5.60 Å². The molecule has 5 rings (SSSR count). The van der Waals surface area contributed by atoms with Gasteiger partial charge in [0, 0.05) is 35.4 Å². The number of hydrogen-bond acceptors (Lipinski definition) is 7. The van der Waals surface area contributed by atoms with Crippen molar-refractivity contribution in [1.29, 1.82) is 0 Å². The summed E-state index contributed by atoms with van der Waals surface area (Å²) in [5.41, 5.74) is 1.53. The van der Waals surface area contributed by atoms with Crippen molar-refractivity contribution in [3.05, 3.63) is 82.9 Å². The maximum absolute atomic E-state index is 12.8. The van der Waals surface area contributed by atoms with Crippen LogP contribution in [0.15, 0.2) is 60.7 Å². The number of aromatic hydroxyl groups is 1. The fraction of sp³-hybridized carbons (Fsp3) is 0.296. The van der Waals surface area contributed by atoms with Gasteiger partial charge in [-0.3, -0.25) is 0 Å². The summed E-state index contributed by atoms with van der Waals surface area (Å²) in [5, 5.41) is 16.6. The van der Waals surface area contributed by atoms with Crippen LogP contribution in [0.4, 0.5) is 0 Å². The van der Waals surface area contributed by atoms with Crippen LogP contribution in [0.3, 0.4) is 0 Å². The molecular weight excluding hydrogens is 432 g/mol. The molecule has 7 heteroatoms. The van der Waals surface area contributed by atoms with Gasteiger partial charge in [-0.2, -0.15) is 0 Å². The molecule has 3 aromatic rings. The number of rotatable bonds is 9. The molecule has 2 heterocycles. The first-order chi connectivity index (χ1) is 16.6. The highest BCUT2D eigenvalue weighted by Crippen LogP contribution is 2.56. The Morgan fingerprint density at radius 3 is 2.53 bits per heavy atom. The summed E-state index contributed by atoms with van der Waals surface area (Å²) in [4.78, 5) is 12.8. The van der Waals surface area contributed by atoms with E-state index in [4.69, 9.17) is 14.2 Å². The molecule has 1 spiro atoms. The molecule has 2 aliphatic rings. The third-order valence-corrected chi connectivity index (χ3v) is 6.25. The number of nitrogens with one attached hydrogen (secondary N) is 2. The van der Waals surface area contributed by atoms with Crippen molar-refractivity contribution in [3.63, 3.8) is 0 Å². The van der Waals surface area contributed by atoms with Crippen LogP contribution in [0.1, 0.15) is 39.9 Å². The maximum Gasteiger partial charge on any atom is 0.340 e. The Morgan fingerprint density at radius 1 is 0.912 bits per heavy atom. The lowest BCUT2D eigenvalue weighted by Crippen LogP contribution is -2.33. The van der Waals surface area contributed by atoms with Gasteiger partial charge in [-0.25, -0.2) is 4.79 Å². The molecule has 2 aliphatic heterocycles. The fourth-order valence-electron chi connectivity index (χ4n) is 4.65. The number of esters is 1. The first-order valence-electron chi connectivity index (χ1n) is 11.6. The first kappa shape index (κ1) is 22.3. The molecule has 3 N–H and O–H groups in total. The summed E-state index contributed by atoms with van der Waals surface area (Å²) in [6.07, 6.45) is 2.25. The summed E-state index contributed by atoms with van der Waals surface area (Å²) < 4.78 is 18.2. The summed E-state index contributed by atoms with van der Waals surface area (Å²) in [7, 11) is 1.96. The predicted molar refractivity (Wildman–Crippen MR) is 128 cm³/mol. The van der Waals surface area contributed by atoms with Crippen molar-refractivity contribution in [1.82, 2.24) is 10.6 Å². The fourth-order valence-corrected chi connectivity index (χ4v) is 4.65. The molecule has 7 nitrogen and oxygen atoms in total. The summed E-state index contributed by atoms with van der Waals surface area (Å²) in [5.74, 6) is 1.32. The second-order valence-corrected chi connectivity index (χ2v) is 8.47. The van der Waals surface area contributed by atoms with E-state index in [1.807, 2.05) is 43.4 Å². The Labute approximate surface area is 198 Å². The van der Waals surface area contributed by atoms with Gasteiger partial charge in [0.1, 0.15) is 29.6 Å². The largest absolute Gasteiger partial charge is 0.508 e. The monoisotopic (exact) mass is 460 g/mol. The van der Waals surface area contributed by atoms with Crippen molar-refractivity contribution in [3.8, 4) is 23.0 Å². The number of benzene rings is 3. The quantitative estimate of drug-likeness (QED) is 0.329. The molecule has 1 atom stereocenters. The summed E-state index contributed by atoms with van der Waals surface area (Å²) >= 11 is 0. The van der Waals surface area contributed by atoms with Crippen LogP contribution < -0.4 is 20.1 Å². The summed E-state index contributed by atoms with van der Waals surface area (Å²) in [6, 6.07) is 17.8. The van der Waals surface area contributed by atoms with Crippen LogP contribution in [0, 0.1) is 0 Å². The zero-order chi connectivity index (χ0) is 23.5. The molecular formula is C27H28N2O5. The third-order valence-electron chi connectivity index (χ3n) is 6.25. The number of ether oxygens (including phenoxy) is 3. The van der Waals surface area contributed by atoms with Crippen molar-refractivity contribution in [2.45, 2.75) is 18.4 Å². The molecule has 0 saturated carbocycles. The zero-order valence-corrected chi connectivity index (χ0v) is 19.1. The van der Waals surface area contributed by atoms with E-state index in [1.54, 1.807) is 24.3 Å². The lowest BCUT2D eigenvalue weighted by Gasteiger charge is -2.36. The van der Waals surface area contributed by atoms with Crippen molar-refractivity contribution < 1.29 is 24.1 Å². The second-order valence-electron chi connectivity index (χ2n) is 8.47. The van der Waals surface area contributed by atoms with Crippen LogP contribution in [-0.4, -0.2) is 44.4 Å². The van der Waals surface area contributed by atoms with Crippen LogP contribution in [0.25, 0.3) is 0 Å². The zero-order valence-electron chi connectivity index (χ0n) is 19.1. The number of carbonyl (C=O) groups excluding carboxylic acids is 1. The standard InChI is InChI=1S/C27H28N2O5/c1-28-12-4-5-13-29-14-15-32-19-9-11-23-25(17-19)33-24-16-18(30)8-10-22(24)27(23)21-7-3-2-6-20(21)26(31)34-27/h2-3,6-11,16-17,28-30H,4-5,12-15H2,1H3. The lowest BCUT2D eigenvalue weighted by molar-refractivity contribution is 0.0224. The van der Waals surface area contributed by atoms with Gasteiger partial charge in [-0.05, 0) is 63.3 Å². The first-order valence-corrected chi connectivity index (χ1v) is 11.6. The molecule has 0 saturated heterocycles. The molecule has 176 valence electrons. The molecule has 0 aromatic heterocycles. The molecule has 1 unspecified atom stereocenters. The summed E-state index contributed by atoms with van der Waals surface area (Å²) in [6.45, 7) is 3.23. The van der Waals surface area contributed by atoms with Crippen molar-refractivity contribution in [2.24, 2.45) is 0 Å². The minimum atomic E-state index is -1.14. The average Bonchev–Trinajstić information content (AvgIpc) is 3.13. The van der Waals surface area contributed by atoms with E-state index in [0.29, 0.717) is 35.0 Å². The van der Waals surface area contributed by atoms with E-state index >= 15 is 0 Å². The Balaban J connectivity index is 1.41. The van der Waals surface area contributed by atoms with E-state index in [0.717, 1.165) is 43.6 Å². The van der Waals surface area contributed by atoms with Gasteiger partial charge < -0.3 is 30.0 Å². The minimum absolute atomic E-state index is 0.0724. The van der Waals surface area contributed by atoms with Crippen LogP contribution >= 0.6 is 0 Å². The van der Waals surface area contributed by atoms with Gasteiger partial charge in [0.25, 0.3) is 0 Å². The normalized spacial score (nSPS) is 17.5. The number of carbonyl (C=O) groups is 1. The third kappa shape index (κ3) is 3.87. The highest BCUT2D eigenvalue weighted by atomic mass is 16.6. The Kier molecular flexibility index (Phi) is 6.13. The number of hydrogen-bond donors (Lipinski definition) is 3. The maximum atomic E-state index is 12.8. The molecule has 0 radical (unpaired) electrons. The van der Waals surface area contributed by atoms with Crippen LogP contribution in [0.2, 0.25) is 0 Å². The highest BCUT2D eigenvalue weighted by Gasteiger charge is 2.53. The van der Waals surface area contributed by atoms with E-state index in [1.165, 1.54) is 0 Å².